The van der Waals surface area contributed by atoms with E-state index in [0.29, 0.717) is 0 Å². The van der Waals surface area contributed by atoms with Gasteiger partial charge in [0.2, 0.25) is 0 Å². The quantitative estimate of drug-likeness (QED) is 0.716. The molecular formula is C13H25BO3. The first-order chi connectivity index (χ1) is 7.69. The molecule has 1 aliphatic carbocycles. The maximum atomic E-state index is 10.9. The molecule has 0 spiro atoms. The molecule has 1 saturated carbocycles. The second-order valence-electron chi connectivity index (χ2n) is 6.73. The van der Waals surface area contributed by atoms with Crippen LogP contribution >= 0.6 is 0 Å². The Morgan fingerprint density at radius 2 is 1.59 bits per heavy atom. The van der Waals surface area contributed by atoms with Crippen molar-refractivity contribution in [2.45, 2.75) is 77.0 Å². The Kier molecular flexibility index (Phi) is 3.13. The van der Waals surface area contributed by atoms with E-state index in [-0.39, 0.29) is 17.1 Å². The summed E-state index contributed by atoms with van der Waals surface area (Å²) < 4.78 is 12.0. The zero-order chi connectivity index (χ0) is 12.9. The molecule has 1 aliphatic heterocycles. The molecule has 2 aliphatic rings. The third kappa shape index (κ3) is 2.04. The van der Waals surface area contributed by atoms with E-state index >= 15 is 0 Å². The van der Waals surface area contributed by atoms with Gasteiger partial charge in [-0.05, 0) is 46.5 Å². The zero-order valence-corrected chi connectivity index (χ0v) is 11.7. The number of hydrogen-bond donors (Lipinski definition) is 1. The maximum absolute atomic E-state index is 10.9. The van der Waals surface area contributed by atoms with Crippen LogP contribution in [-0.2, 0) is 9.31 Å². The predicted molar refractivity (Wildman–Crippen MR) is 68.7 cm³/mol. The Morgan fingerprint density at radius 1 is 1.06 bits per heavy atom. The van der Waals surface area contributed by atoms with E-state index in [0.717, 1.165) is 19.3 Å². The van der Waals surface area contributed by atoms with Crippen LogP contribution in [0.2, 0.25) is 0 Å². The van der Waals surface area contributed by atoms with Gasteiger partial charge in [0.1, 0.15) is 5.50 Å². The normalized spacial score (nSPS) is 40.6. The Bertz CT molecular complexity index is 287. The average molecular weight is 240 g/mol. The van der Waals surface area contributed by atoms with E-state index in [1.165, 1.54) is 6.42 Å². The molecule has 1 saturated heterocycles. The SMILES string of the molecule is C[C@H]1CCCC[C@]1(O)B1OC(C)(C)C(C)(C)O1. The van der Waals surface area contributed by atoms with Crippen LogP contribution in [0.5, 0.6) is 0 Å². The molecule has 2 rings (SSSR count). The molecule has 3 nitrogen and oxygen atoms in total. The fourth-order valence-corrected chi connectivity index (χ4v) is 2.75. The minimum atomic E-state index is -0.816. The molecule has 1 heterocycles. The molecule has 1 N–H and O–H groups in total. The van der Waals surface area contributed by atoms with Gasteiger partial charge in [0.15, 0.2) is 0 Å². The Morgan fingerprint density at radius 3 is 2.06 bits per heavy atom. The average Bonchev–Trinajstić information content (AvgIpc) is 2.42. The van der Waals surface area contributed by atoms with E-state index in [4.69, 9.17) is 9.31 Å². The molecule has 0 aromatic rings. The largest absolute Gasteiger partial charge is 0.492 e. The minimum absolute atomic E-state index is 0.242. The summed E-state index contributed by atoms with van der Waals surface area (Å²) in [6.07, 6.45) is 4.10. The second kappa shape index (κ2) is 3.97. The van der Waals surface area contributed by atoms with Gasteiger partial charge in [-0.15, -0.1) is 0 Å². The van der Waals surface area contributed by atoms with Gasteiger partial charge in [-0.25, -0.2) is 0 Å². The van der Waals surface area contributed by atoms with Crippen LogP contribution < -0.4 is 0 Å². The highest BCUT2D eigenvalue weighted by molar-refractivity contribution is 6.49. The third-order valence-electron chi connectivity index (χ3n) is 4.98. The van der Waals surface area contributed by atoms with E-state index < -0.39 is 12.6 Å². The minimum Gasteiger partial charge on any atom is -0.401 e. The lowest BCUT2D eigenvalue weighted by atomic mass is 9.55. The molecule has 0 bridgehead atoms. The van der Waals surface area contributed by atoms with Crippen molar-refractivity contribution in [3.05, 3.63) is 0 Å². The van der Waals surface area contributed by atoms with E-state index in [9.17, 15) is 5.11 Å². The molecule has 0 aromatic carbocycles. The lowest BCUT2D eigenvalue weighted by molar-refractivity contribution is -0.00384. The van der Waals surface area contributed by atoms with Gasteiger partial charge >= 0.3 is 7.12 Å². The van der Waals surface area contributed by atoms with Gasteiger partial charge in [0.05, 0.1) is 11.2 Å². The lowest BCUT2D eigenvalue weighted by Crippen LogP contribution is -2.54. The third-order valence-corrected chi connectivity index (χ3v) is 4.98. The van der Waals surface area contributed by atoms with E-state index in [1.54, 1.807) is 0 Å². The predicted octanol–water partition coefficient (Wildman–Crippen LogP) is 2.56. The highest BCUT2D eigenvalue weighted by atomic mass is 16.7. The fourth-order valence-electron chi connectivity index (χ4n) is 2.75. The van der Waals surface area contributed by atoms with Crippen molar-refractivity contribution < 1.29 is 14.4 Å². The number of rotatable bonds is 1. The van der Waals surface area contributed by atoms with Crippen molar-refractivity contribution in [3.8, 4) is 0 Å². The van der Waals surface area contributed by atoms with Gasteiger partial charge < -0.3 is 14.4 Å². The van der Waals surface area contributed by atoms with Gasteiger partial charge in [0.25, 0.3) is 0 Å². The molecule has 98 valence electrons. The molecule has 17 heavy (non-hydrogen) atoms. The zero-order valence-electron chi connectivity index (χ0n) is 11.7. The van der Waals surface area contributed by atoms with Crippen molar-refractivity contribution in [3.63, 3.8) is 0 Å². The summed E-state index contributed by atoms with van der Waals surface area (Å²) >= 11 is 0. The standard InChI is InChI=1S/C13H25BO3/c1-10-8-6-7-9-13(10,15)14-16-11(2,3)12(4,5)17-14/h10,15H,6-9H2,1-5H3/t10-,13+/m0/s1. The van der Waals surface area contributed by atoms with Gasteiger partial charge in [-0.3, -0.25) is 0 Å². The molecular weight excluding hydrogens is 215 g/mol. The molecule has 0 unspecified atom stereocenters. The summed E-state index contributed by atoms with van der Waals surface area (Å²) in [5.41, 5.74) is -1.53. The van der Waals surface area contributed by atoms with Gasteiger partial charge in [-0.2, -0.15) is 0 Å². The Labute approximate surface area is 105 Å². The van der Waals surface area contributed by atoms with Crippen LogP contribution in [0.4, 0.5) is 0 Å². The molecule has 2 atom stereocenters. The van der Waals surface area contributed by atoms with Crippen molar-refractivity contribution in [1.29, 1.82) is 0 Å². The first-order valence-corrected chi connectivity index (χ1v) is 6.77. The summed E-state index contributed by atoms with van der Waals surface area (Å²) in [6, 6.07) is 0. The van der Waals surface area contributed by atoms with Crippen LogP contribution in [0.25, 0.3) is 0 Å². The van der Waals surface area contributed by atoms with Crippen molar-refractivity contribution in [1.82, 2.24) is 0 Å². The van der Waals surface area contributed by atoms with Crippen molar-refractivity contribution in [2.75, 3.05) is 0 Å². The van der Waals surface area contributed by atoms with Crippen LogP contribution in [0.3, 0.4) is 0 Å². The van der Waals surface area contributed by atoms with E-state index in [2.05, 4.69) is 6.92 Å². The summed E-state index contributed by atoms with van der Waals surface area (Å²) in [4.78, 5) is 0. The molecule has 4 heteroatoms. The van der Waals surface area contributed by atoms with E-state index in [1.807, 2.05) is 27.7 Å². The lowest BCUT2D eigenvalue weighted by Gasteiger charge is -2.39. The monoisotopic (exact) mass is 240 g/mol. The molecule has 0 radical (unpaired) electrons. The first-order valence-electron chi connectivity index (χ1n) is 6.77. The van der Waals surface area contributed by atoms with Crippen LogP contribution in [0, 0.1) is 5.92 Å². The number of hydrogen-bond acceptors (Lipinski definition) is 3. The highest BCUT2D eigenvalue weighted by Crippen LogP contribution is 2.45. The van der Waals surface area contributed by atoms with Crippen LogP contribution in [-0.4, -0.2) is 28.9 Å². The summed E-state index contributed by atoms with van der Waals surface area (Å²) in [5, 5.41) is 10.9. The number of aliphatic hydroxyl groups is 1. The van der Waals surface area contributed by atoms with Crippen LogP contribution in [0.1, 0.15) is 60.3 Å². The first kappa shape index (κ1) is 13.4. The molecule has 0 amide bonds. The van der Waals surface area contributed by atoms with Gasteiger partial charge in [-0.1, -0.05) is 19.8 Å². The summed E-state index contributed by atoms with van der Waals surface area (Å²) in [5.74, 6) is 0.242. The Hall–Kier alpha value is -0.0551. The molecule has 2 fully saturated rings. The smallest absolute Gasteiger partial charge is 0.401 e. The van der Waals surface area contributed by atoms with Crippen LogP contribution in [0.15, 0.2) is 0 Å². The topological polar surface area (TPSA) is 38.7 Å². The Balaban J connectivity index is 2.19. The van der Waals surface area contributed by atoms with Crippen molar-refractivity contribution in [2.24, 2.45) is 5.92 Å². The summed E-state index contributed by atoms with van der Waals surface area (Å²) in [7, 11) is -0.484. The fraction of sp³-hybridized carbons (Fsp3) is 1.00. The van der Waals surface area contributed by atoms with Crippen molar-refractivity contribution >= 4 is 7.12 Å². The van der Waals surface area contributed by atoms with Gasteiger partial charge in [0, 0.05) is 0 Å². The highest BCUT2D eigenvalue weighted by Gasteiger charge is 2.61. The molecule has 0 aromatic heterocycles. The maximum Gasteiger partial charge on any atom is 0.492 e. The summed E-state index contributed by atoms with van der Waals surface area (Å²) in [6.45, 7) is 10.2. The second-order valence-corrected chi connectivity index (χ2v) is 6.73.